The van der Waals surface area contributed by atoms with E-state index in [1.165, 1.54) is 4.68 Å². The van der Waals surface area contributed by atoms with E-state index in [1.54, 1.807) is 35.1 Å². The molecule has 8 heteroatoms. The van der Waals surface area contributed by atoms with Crippen molar-refractivity contribution in [3.63, 3.8) is 0 Å². The number of aromatic nitrogens is 4. The quantitative estimate of drug-likeness (QED) is 0.528. The highest BCUT2D eigenvalue weighted by molar-refractivity contribution is 6.30. The minimum Gasteiger partial charge on any atom is -0.324 e. The van der Waals surface area contributed by atoms with Gasteiger partial charge < -0.3 is 5.32 Å². The number of benzene rings is 2. The van der Waals surface area contributed by atoms with E-state index in [-0.39, 0.29) is 23.9 Å². The summed E-state index contributed by atoms with van der Waals surface area (Å²) in [7, 11) is 0. The van der Waals surface area contributed by atoms with Crippen molar-refractivity contribution in [2.24, 2.45) is 0 Å². The highest BCUT2D eigenvalue weighted by Crippen LogP contribution is 2.23. The summed E-state index contributed by atoms with van der Waals surface area (Å²) in [5, 5.41) is 12.9. The van der Waals surface area contributed by atoms with E-state index < -0.39 is 0 Å². The number of para-hydroxylation sites is 1. The average molecular weight is 422 g/mol. The zero-order chi connectivity index (χ0) is 21.3. The molecule has 0 spiro atoms. The molecule has 0 fully saturated rings. The Morgan fingerprint density at radius 2 is 1.80 bits per heavy atom. The van der Waals surface area contributed by atoms with Crippen molar-refractivity contribution in [3.05, 3.63) is 81.9 Å². The van der Waals surface area contributed by atoms with Crippen molar-refractivity contribution in [2.45, 2.75) is 26.3 Å². The maximum atomic E-state index is 13.2. The van der Waals surface area contributed by atoms with E-state index in [0.29, 0.717) is 27.3 Å². The third-order valence-electron chi connectivity index (χ3n) is 4.68. The minimum absolute atomic E-state index is 0.0482. The van der Waals surface area contributed by atoms with Crippen LogP contribution in [0.1, 0.15) is 25.5 Å². The van der Waals surface area contributed by atoms with Gasteiger partial charge >= 0.3 is 0 Å². The van der Waals surface area contributed by atoms with Gasteiger partial charge in [0.25, 0.3) is 5.56 Å². The molecule has 2 aromatic carbocycles. The van der Waals surface area contributed by atoms with E-state index in [1.807, 2.05) is 44.2 Å². The highest BCUT2D eigenvalue weighted by atomic mass is 35.5. The number of anilines is 1. The topological polar surface area (TPSA) is 81.8 Å². The maximum absolute atomic E-state index is 13.2. The highest BCUT2D eigenvalue weighted by Gasteiger charge is 2.19. The van der Waals surface area contributed by atoms with Gasteiger partial charge in [0, 0.05) is 16.1 Å². The lowest BCUT2D eigenvalue weighted by molar-refractivity contribution is -0.117. The van der Waals surface area contributed by atoms with Crippen LogP contribution in [-0.2, 0) is 11.3 Å². The second-order valence-corrected chi connectivity index (χ2v) is 7.65. The third-order valence-corrected chi connectivity index (χ3v) is 4.93. The normalized spacial score (nSPS) is 11.2. The number of carbonyl (C=O) groups is 1. The lowest BCUT2D eigenvalue weighted by Gasteiger charge is -2.12. The lowest BCUT2D eigenvalue weighted by Crippen LogP contribution is -2.31. The Balaban J connectivity index is 1.76. The van der Waals surface area contributed by atoms with Crippen molar-refractivity contribution in [1.29, 1.82) is 0 Å². The van der Waals surface area contributed by atoms with Crippen LogP contribution in [0.3, 0.4) is 0 Å². The molecule has 30 heavy (non-hydrogen) atoms. The molecular weight excluding hydrogens is 402 g/mol. The van der Waals surface area contributed by atoms with Crippen LogP contribution in [0.4, 0.5) is 5.69 Å². The molecule has 0 saturated heterocycles. The number of nitrogens with one attached hydrogen (secondary N) is 1. The first-order chi connectivity index (χ1) is 14.4. The van der Waals surface area contributed by atoms with Crippen molar-refractivity contribution in [3.8, 4) is 5.69 Å². The Morgan fingerprint density at radius 1 is 1.10 bits per heavy atom. The van der Waals surface area contributed by atoms with Gasteiger partial charge in [-0.25, -0.2) is 9.36 Å². The zero-order valence-electron chi connectivity index (χ0n) is 16.5. The van der Waals surface area contributed by atoms with Crippen LogP contribution in [0.15, 0.2) is 65.6 Å². The summed E-state index contributed by atoms with van der Waals surface area (Å²) >= 11 is 5.88. The van der Waals surface area contributed by atoms with Gasteiger partial charge in [-0.15, -0.1) is 0 Å². The largest absolute Gasteiger partial charge is 0.324 e. The summed E-state index contributed by atoms with van der Waals surface area (Å²) in [6, 6.07) is 16.2. The van der Waals surface area contributed by atoms with Gasteiger partial charge in [0.1, 0.15) is 12.1 Å². The van der Waals surface area contributed by atoms with Crippen molar-refractivity contribution in [1.82, 2.24) is 19.6 Å². The van der Waals surface area contributed by atoms with Crippen LogP contribution >= 0.6 is 11.6 Å². The van der Waals surface area contributed by atoms with Crippen LogP contribution < -0.4 is 10.9 Å². The summed E-state index contributed by atoms with van der Waals surface area (Å²) in [5.74, 6) is -0.307. The molecule has 2 heterocycles. The number of rotatable bonds is 5. The number of hydrogen-bond acceptors (Lipinski definition) is 4. The monoisotopic (exact) mass is 421 g/mol. The van der Waals surface area contributed by atoms with Crippen molar-refractivity contribution < 1.29 is 4.79 Å². The first kappa shape index (κ1) is 19.8. The Morgan fingerprint density at radius 3 is 2.47 bits per heavy atom. The van der Waals surface area contributed by atoms with Gasteiger partial charge in [0.05, 0.1) is 17.6 Å². The predicted octanol–water partition coefficient (Wildman–Crippen LogP) is 4.00. The Bertz CT molecular complexity index is 1260. The second kappa shape index (κ2) is 8.12. The molecule has 0 aliphatic rings. The molecule has 4 aromatic rings. The van der Waals surface area contributed by atoms with Gasteiger partial charge in [-0.3, -0.25) is 9.59 Å². The van der Waals surface area contributed by atoms with Crippen molar-refractivity contribution >= 4 is 34.1 Å². The zero-order valence-corrected chi connectivity index (χ0v) is 17.3. The average Bonchev–Trinajstić information content (AvgIpc) is 3.17. The summed E-state index contributed by atoms with van der Waals surface area (Å²) in [6.07, 6.45) is 1.66. The Kier molecular flexibility index (Phi) is 5.37. The molecule has 1 N–H and O–H groups in total. The van der Waals surface area contributed by atoms with Crippen LogP contribution in [0.2, 0.25) is 5.02 Å². The molecule has 7 nitrogen and oxygen atoms in total. The molecule has 0 saturated carbocycles. The maximum Gasteiger partial charge on any atom is 0.293 e. The molecule has 2 aromatic heterocycles. The summed E-state index contributed by atoms with van der Waals surface area (Å²) in [4.78, 5) is 25.8. The molecule has 0 aliphatic heterocycles. The van der Waals surface area contributed by atoms with Gasteiger partial charge in [-0.1, -0.05) is 43.6 Å². The predicted molar refractivity (Wildman–Crippen MR) is 117 cm³/mol. The molecule has 0 unspecified atom stereocenters. The van der Waals surface area contributed by atoms with Gasteiger partial charge in [0.15, 0.2) is 0 Å². The van der Waals surface area contributed by atoms with Crippen molar-refractivity contribution in [2.75, 3.05) is 5.32 Å². The third kappa shape index (κ3) is 3.84. The molecule has 152 valence electrons. The van der Waals surface area contributed by atoms with Gasteiger partial charge in [0.2, 0.25) is 5.91 Å². The number of carbonyl (C=O) groups excluding carboxylic acids is 1. The van der Waals surface area contributed by atoms with E-state index in [9.17, 15) is 9.59 Å². The smallest absolute Gasteiger partial charge is 0.293 e. The van der Waals surface area contributed by atoms with Gasteiger partial charge in [-0.2, -0.15) is 10.2 Å². The lowest BCUT2D eigenvalue weighted by atomic mass is 10.1. The number of amides is 1. The number of halogens is 1. The fraction of sp³-hybridized carbons (Fsp3) is 0.182. The molecule has 4 rings (SSSR count). The number of nitrogens with zero attached hydrogens (tertiary/aromatic N) is 4. The van der Waals surface area contributed by atoms with E-state index in [2.05, 4.69) is 15.5 Å². The molecular formula is C22H20ClN5O2. The molecule has 0 aliphatic carbocycles. The molecule has 0 atom stereocenters. The fourth-order valence-corrected chi connectivity index (χ4v) is 3.39. The Labute approximate surface area is 177 Å². The fourth-order valence-electron chi connectivity index (χ4n) is 3.26. The summed E-state index contributed by atoms with van der Waals surface area (Å²) < 4.78 is 2.79. The molecule has 0 bridgehead atoms. The number of fused-ring (bicyclic) bond motifs is 1. The van der Waals surface area contributed by atoms with E-state index in [4.69, 9.17) is 11.6 Å². The van der Waals surface area contributed by atoms with Crippen LogP contribution in [0, 0.1) is 0 Å². The van der Waals surface area contributed by atoms with Crippen LogP contribution in [0.25, 0.3) is 16.6 Å². The van der Waals surface area contributed by atoms with Gasteiger partial charge in [-0.05, 0) is 42.3 Å². The van der Waals surface area contributed by atoms with Crippen LogP contribution in [0.5, 0.6) is 0 Å². The Hall–Kier alpha value is -3.45. The standard InChI is InChI=1S/C22H20ClN5O2/c1-14(2)20-18-12-24-28(17-6-4-3-5-7-17)21(18)22(30)27(26-20)13-19(29)25-16-10-8-15(23)9-11-16/h3-12,14H,13H2,1-2H3,(H,25,29). The SMILES string of the molecule is CC(C)c1nn(CC(=O)Nc2ccc(Cl)cc2)c(=O)c2c1cnn2-c1ccccc1. The first-order valence-corrected chi connectivity index (χ1v) is 9.91. The van der Waals surface area contributed by atoms with E-state index in [0.717, 1.165) is 5.69 Å². The number of hydrogen-bond donors (Lipinski definition) is 1. The first-order valence-electron chi connectivity index (χ1n) is 9.53. The summed E-state index contributed by atoms with van der Waals surface area (Å²) in [5.41, 5.74) is 2.10. The van der Waals surface area contributed by atoms with E-state index >= 15 is 0 Å². The molecule has 1 amide bonds. The molecule has 0 radical (unpaired) electrons. The summed E-state index contributed by atoms with van der Waals surface area (Å²) in [6.45, 7) is 3.77. The second-order valence-electron chi connectivity index (χ2n) is 7.21. The minimum atomic E-state index is -0.373. The van der Waals surface area contributed by atoms with Crippen LogP contribution in [-0.4, -0.2) is 25.5 Å².